The quantitative estimate of drug-likeness (QED) is 0.538. The van der Waals surface area contributed by atoms with Crippen LogP contribution in [0.3, 0.4) is 0 Å². The highest BCUT2D eigenvalue weighted by molar-refractivity contribution is 5.96. The molecule has 5 rings (SSSR count). The summed E-state index contributed by atoms with van der Waals surface area (Å²) in [4.78, 5) is 8.40. The van der Waals surface area contributed by atoms with E-state index in [4.69, 9.17) is 13.9 Å². The smallest absolute Gasteiger partial charge is 0.388 e. The fraction of sp³-hybridized carbons (Fsp3) is 0.238. The number of alkyl halides is 2. The molecule has 0 aliphatic carbocycles. The minimum Gasteiger partial charge on any atom is -0.485 e. The lowest BCUT2D eigenvalue weighted by atomic mass is 10.1. The Balaban J connectivity index is 1.63. The molecule has 7 nitrogen and oxygen atoms in total. The maximum absolute atomic E-state index is 12.5. The van der Waals surface area contributed by atoms with Gasteiger partial charge in [0.1, 0.15) is 18.0 Å². The van der Waals surface area contributed by atoms with Crippen LogP contribution in [0, 0.1) is 6.92 Å². The highest BCUT2D eigenvalue weighted by atomic mass is 19.3. The van der Waals surface area contributed by atoms with Crippen LogP contribution in [0.15, 0.2) is 40.9 Å². The number of aromatic nitrogens is 2. The lowest BCUT2D eigenvalue weighted by molar-refractivity contribution is -0.0528. The van der Waals surface area contributed by atoms with Gasteiger partial charge in [0.15, 0.2) is 17.6 Å². The van der Waals surface area contributed by atoms with Gasteiger partial charge in [-0.05, 0) is 42.8 Å². The van der Waals surface area contributed by atoms with Gasteiger partial charge in [0.2, 0.25) is 5.88 Å². The van der Waals surface area contributed by atoms with Crippen molar-refractivity contribution in [2.75, 3.05) is 13.2 Å². The number of aryl methyl sites for hydroxylation is 1. The molecule has 1 aliphatic heterocycles. The van der Waals surface area contributed by atoms with Crippen molar-refractivity contribution in [1.82, 2.24) is 9.97 Å². The molecule has 2 aromatic heterocycles. The molecule has 4 aromatic rings. The summed E-state index contributed by atoms with van der Waals surface area (Å²) in [7, 11) is 0. The Hall–Kier alpha value is -3.46. The average molecular weight is 414 g/mol. The fourth-order valence-corrected chi connectivity index (χ4v) is 3.50. The summed E-state index contributed by atoms with van der Waals surface area (Å²) in [5.41, 5.74) is 3.02. The third kappa shape index (κ3) is 3.17. The molecule has 1 N–H and O–H groups in total. The van der Waals surface area contributed by atoms with Crippen molar-refractivity contribution in [1.29, 1.82) is 0 Å². The first-order valence-corrected chi connectivity index (χ1v) is 9.21. The van der Waals surface area contributed by atoms with Crippen LogP contribution >= 0.6 is 0 Å². The number of furan rings is 1. The number of aliphatic hydroxyl groups excluding tert-OH is 1. The molecular formula is C21H16F2N2O5. The number of rotatable bonds is 4. The molecule has 0 saturated heterocycles. The Kier molecular flexibility index (Phi) is 4.39. The van der Waals surface area contributed by atoms with Crippen LogP contribution in [0.4, 0.5) is 8.78 Å². The Morgan fingerprint density at radius 2 is 2.13 bits per heavy atom. The first-order chi connectivity index (χ1) is 14.5. The van der Waals surface area contributed by atoms with E-state index in [1.54, 1.807) is 18.2 Å². The zero-order valence-electron chi connectivity index (χ0n) is 15.8. The Morgan fingerprint density at radius 1 is 1.27 bits per heavy atom. The highest BCUT2D eigenvalue weighted by Gasteiger charge is 2.24. The number of fused-ring (bicyclic) bond motifs is 4. The van der Waals surface area contributed by atoms with Gasteiger partial charge in [-0.25, -0.2) is 9.97 Å². The summed E-state index contributed by atoms with van der Waals surface area (Å²) in [6, 6.07) is 8.93. The Bertz CT molecular complexity index is 1260. The molecule has 0 bridgehead atoms. The lowest BCUT2D eigenvalue weighted by Gasteiger charge is -2.25. The first kappa shape index (κ1) is 18.6. The molecule has 0 radical (unpaired) electrons. The molecule has 0 saturated carbocycles. The molecule has 0 fully saturated rings. The van der Waals surface area contributed by atoms with Crippen molar-refractivity contribution in [3.63, 3.8) is 0 Å². The number of ether oxygens (including phenoxy) is 3. The molecule has 154 valence electrons. The van der Waals surface area contributed by atoms with E-state index in [1.165, 1.54) is 0 Å². The van der Waals surface area contributed by atoms with Gasteiger partial charge in [0.25, 0.3) is 0 Å². The molecule has 3 heterocycles. The third-order valence-electron chi connectivity index (χ3n) is 4.77. The zero-order valence-corrected chi connectivity index (χ0v) is 15.8. The predicted octanol–water partition coefficient (Wildman–Crippen LogP) is 4.08. The van der Waals surface area contributed by atoms with Crippen molar-refractivity contribution in [3.8, 4) is 28.7 Å². The minimum atomic E-state index is -2.98. The van der Waals surface area contributed by atoms with Crippen molar-refractivity contribution in [2.45, 2.75) is 19.6 Å². The van der Waals surface area contributed by atoms with E-state index in [0.717, 1.165) is 17.1 Å². The van der Waals surface area contributed by atoms with Crippen LogP contribution in [-0.4, -0.2) is 41.0 Å². The Morgan fingerprint density at radius 3 is 2.93 bits per heavy atom. The second kappa shape index (κ2) is 7.10. The Labute approximate surface area is 168 Å². The molecule has 30 heavy (non-hydrogen) atoms. The molecule has 0 amide bonds. The van der Waals surface area contributed by atoms with Crippen molar-refractivity contribution in [2.24, 2.45) is 0 Å². The number of hydrogen-bond acceptors (Lipinski definition) is 7. The van der Waals surface area contributed by atoms with Gasteiger partial charge < -0.3 is 23.7 Å². The van der Waals surface area contributed by atoms with Gasteiger partial charge >= 0.3 is 6.61 Å². The van der Waals surface area contributed by atoms with Gasteiger partial charge in [-0.1, -0.05) is 0 Å². The SMILES string of the molecule is Cc1cc(-c2cc3c4c(ccc3o2)OC(CO)CO4)c2ncc(OC(F)F)nc2c1. The van der Waals surface area contributed by atoms with Gasteiger partial charge in [0, 0.05) is 5.56 Å². The van der Waals surface area contributed by atoms with E-state index in [-0.39, 0.29) is 19.1 Å². The average Bonchev–Trinajstić information content (AvgIpc) is 3.16. The summed E-state index contributed by atoms with van der Waals surface area (Å²) in [6.45, 7) is -1.02. The zero-order chi connectivity index (χ0) is 20.8. The predicted molar refractivity (Wildman–Crippen MR) is 103 cm³/mol. The molecular weight excluding hydrogens is 398 g/mol. The van der Waals surface area contributed by atoms with Gasteiger partial charge in [-0.15, -0.1) is 0 Å². The van der Waals surface area contributed by atoms with Crippen molar-refractivity contribution in [3.05, 3.63) is 42.1 Å². The monoisotopic (exact) mass is 414 g/mol. The van der Waals surface area contributed by atoms with Gasteiger partial charge in [-0.3, -0.25) is 0 Å². The summed E-state index contributed by atoms with van der Waals surface area (Å²) >= 11 is 0. The second-order valence-electron chi connectivity index (χ2n) is 6.92. The van der Waals surface area contributed by atoms with E-state index in [2.05, 4.69) is 14.7 Å². The van der Waals surface area contributed by atoms with Crippen LogP contribution in [0.25, 0.3) is 33.3 Å². The van der Waals surface area contributed by atoms with E-state index in [9.17, 15) is 13.9 Å². The molecule has 9 heteroatoms. The summed E-state index contributed by atoms with van der Waals surface area (Å²) in [6.07, 6.45) is 0.742. The highest BCUT2D eigenvalue weighted by Crippen LogP contribution is 2.42. The third-order valence-corrected chi connectivity index (χ3v) is 4.77. The number of aliphatic hydroxyl groups is 1. The van der Waals surface area contributed by atoms with Crippen LogP contribution in [0.2, 0.25) is 0 Å². The first-order valence-electron chi connectivity index (χ1n) is 9.21. The van der Waals surface area contributed by atoms with Crippen molar-refractivity contribution < 1.29 is 32.5 Å². The van der Waals surface area contributed by atoms with Crippen LogP contribution in [-0.2, 0) is 0 Å². The van der Waals surface area contributed by atoms with Crippen LogP contribution < -0.4 is 14.2 Å². The van der Waals surface area contributed by atoms with Gasteiger partial charge in [-0.2, -0.15) is 8.78 Å². The van der Waals surface area contributed by atoms with E-state index < -0.39 is 12.7 Å². The normalized spacial score (nSPS) is 15.8. The molecule has 2 aromatic carbocycles. The second-order valence-corrected chi connectivity index (χ2v) is 6.92. The standard InChI is InChI=1S/C21H16F2N2O5/c1-10-4-12(19-14(5-10)25-18(7-24-19)30-21(22)23)17-6-13-15(29-17)2-3-16-20(13)27-9-11(8-26)28-16/h2-7,11,21,26H,8-9H2,1H3. The summed E-state index contributed by atoms with van der Waals surface area (Å²) in [5, 5.41) is 10.0. The number of halogens is 2. The maximum Gasteiger partial charge on any atom is 0.388 e. The maximum atomic E-state index is 12.5. The van der Waals surface area contributed by atoms with Crippen molar-refractivity contribution >= 4 is 22.0 Å². The van der Waals surface area contributed by atoms with Crippen LogP contribution in [0.1, 0.15) is 5.56 Å². The lowest BCUT2D eigenvalue weighted by Crippen LogP contribution is -2.32. The van der Waals surface area contributed by atoms with E-state index >= 15 is 0 Å². The topological polar surface area (TPSA) is 86.8 Å². The number of nitrogens with zero attached hydrogens (tertiary/aromatic N) is 2. The molecule has 1 unspecified atom stereocenters. The minimum absolute atomic E-state index is 0.140. The van der Waals surface area contributed by atoms with Crippen LogP contribution in [0.5, 0.6) is 17.4 Å². The molecule has 1 atom stereocenters. The number of benzene rings is 2. The summed E-state index contributed by atoms with van der Waals surface area (Å²) in [5.74, 6) is 1.35. The van der Waals surface area contributed by atoms with E-state index in [1.807, 2.05) is 19.1 Å². The largest absolute Gasteiger partial charge is 0.485 e. The fourth-order valence-electron chi connectivity index (χ4n) is 3.50. The van der Waals surface area contributed by atoms with E-state index in [0.29, 0.717) is 39.4 Å². The summed E-state index contributed by atoms with van der Waals surface area (Å²) < 4.78 is 46.9. The molecule has 1 aliphatic rings. The molecule has 0 spiro atoms. The van der Waals surface area contributed by atoms with Gasteiger partial charge in [0.05, 0.1) is 29.2 Å². The number of hydrogen-bond donors (Lipinski definition) is 1.